The van der Waals surface area contributed by atoms with Gasteiger partial charge in [0.05, 0.1) is 17.3 Å². The van der Waals surface area contributed by atoms with E-state index in [0.29, 0.717) is 11.3 Å². The van der Waals surface area contributed by atoms with Crippen LogP contribution in [0.1, 0.15) is 5.56 Å². The zero-order valence-corrected chi connectivity index (χ0v) is 10.5. The first-order chi connectivity index (χ1) is 8.96. The van der Waals surface area contributed by atoms with Gasteiger partial charge in [-0.2, -0.15) is 10.3 Å². The number of allylic oxidation sites excluding steroid dienone is 1. The molecule has 0 fully saturated rings. The van der Waals surface area contributed by atoms with Gasteiger partial charge in [0, 0.05) is 23.1 Å². The van der Waals surface area contributed by atoms with E-state index in [1.165, 1.54) is 24.4 Å². The number of hydrogen-bond donors (Lipinski definition) is 3. The zero-order chi connectivity index (χ0) is 13.9. The van der Waals surface area contributed by atoms with Crippen LogP contribution in [-0.2, 0) is 9.84 Å². The second-order valence-corrected chi connectivity index (χ2v) is 5.45. The molecule has 1 aliphatic heterocycles. The second-order valence-electron chi connectivity index (χ2n) is 3.77. The van der Waals surface area contributed by atoms with Crippen molar-refractivity contribution in [1.29, 1.82) is 0 Å². The van der Waals surface area contributed by atoms with Crippen LogP contribution in [0.15, 0.2) is 52.0 Å². The lowest BCUT2D eigenvalue weighted by Crippen LogP contribution is -2.99. The fourth-order valence-electron chi connectivity index (χ4n) is 1.42. The third-order valence-electron chi connectivity index (χ3n) is 2.27. The lowest BCUT2D eigenvalue weighted by Gasteiger charge is -2.11. The SMILES string of the molecule is O=S1(=O)C=CC(N/N=C/c2cccc([NH+]([O-])O)c2)=C1. The summed E-state index contributed by atoms with van der Waals surface area (Å²) < 4.78 is 22.1. The summed E-state index contributed by atoms with van der Waals surface area (Å²) in [6.07, 6.45) is 2.80. The Morgan fingerprint density at radius 3 is 2.84 bits per heavy atom. The highest BCUT2D eigenvalue weighted by Gasteiger charge is 2.09. The molecule has 8 heteroatoms. The molecule has 0 bridgehead atoms. The average molecular weight is 281 g/mol. The van der Waals surface area contributed by atoms with Gasteiger partial charge in [-0.1, -0.05) is 12.1 Å². The highest BCUT2D eigenvalue weighted by molar-refractivity contribution is 7.97. The van der Waals surface area contributed by atoms with Crippen molar-refractivity contribution < 1.29 is 18.9 Å². The standard InChI is InChI=1S/C11H11N3O4S/c15-14(16)11-3-1-2-9(6-11)7-12-13-10-4-5-19(17,18)8-10/h1-8,13-15H/b12-7+. The smallest absolute Gasteiger partial charge is 0.195 e. The molecule has 3 N–H and O–H groups in total. The topological polar surface area (TPSA) is 106 Å². The summed E-state index contributed by atoms with van der Waals surface area (Å²) in [5.41, 5.74) is 3.66. The van der Waals surface area contributed by atoms with Crippen molar-refractivity contribution in [3.8, 4) is 0 Å². The highest BCUT2D eigenvalue weighted by Crippen LogP contribution is 2.10. The van der Waals surface area contributed by atoms with Crippen molar-refractivity contribution >= 4 is 21.7 Å². The van der Waals surface area contributed by atoms with E-state index in [9.17, 15) is 13.6 Å². The summed E-state index contributed by atoms with van der Waals surface area (Å²) in [4.78, 5) is 0. The zero-order valence-electron chi connectivity index (χ0n) is 9.65. The number of nitrogens with one attached hydrogen (secondary N) is 2. The number of hydrazone groups is 1. The lowest BCUT2D eigenvalue weighted by atomic mass is 10.2. The fourth-order valence-corrected chi connectivity index (χ4v) is 2.32. The molecule has 1 atom stereocenters. The first-order valence-electron chi connectivity index (χ1n) is 5.24. The minimum absolute atomic E-state index is 0.159. The van der Waals surface area contributed by atoms with Crippen molar-refractivity contribution in [2.75, 3.05) is 0 Å². The van der Waals surface area contributed by atoms with Gasteiger partial charge < -0.3 is 5.21 Å². The summed E-state index contributed by atoms with van der Waals surface area (Å²) >= 11 is 0. The van der Waals surface area contributed by atoms with Crippen molar-refractivity contribution in [2.45, 2.75) is 0 Å². The lowest BCUT2D eigenvalue weighted by molar-refractivity contribution is -0.991. The van der Waals surface area contributed by atoms with Gasteiger partial charge in [0.1, 0.15) is 0 Å². The molecule has 0 saturated carbocycles. The average Bonchev–Trinajstić information content (AvgIpc) is 2.69. The molecule has 1 heterocycles. The van der Waals surface area contributed by atoms with Crippen molar-refractivity contribution in [1.82, 2.24) is 5.43 Å². The normalized spacial score (nSPS) is 18.5. The number of nitrogens with zero attached hydrogens (tertiary/aromatic N) is 1. The third-order valence-corrected chi connectivity index (χ3v) is 3.37. The summed E-state index contributed by atoms with van der Waals surface area (Å²) in [6.45, 7) is 0. The molecule has 2 rings (SSSR count). The fraction of sp³-hybridized carbons (Fsp3) is 0. The van der Waals surface area contributed by atoms with Crippen LogP contribution in [0.4, 0.5) is 5.69 Å². The van der Waals surface area contributed by atoms with Gasteiger partial charge in [-0.3, -0.25) is 5.43 Å². The minimum Gasteiger partial charge on any atom is -0.595 e. The first kappa shape index (κ1) is 13.4. The summed E-state index contributed by atoms with van der Waals surface area (Å²) in [5, 5.41) is 24.5. The number of quaternary nitrogens is 1. The van der Waals surface area contributed by atoms with Crippen LogP contribution >= 0.6 is 0 Å². The second kappa shape index (κ2) is 5.33. The van der Waals surface area contributed by atoms with Gasteiger partial charge in [-0.15, -0.1) is 0 Å². The number of sulfone groups is 1. The van der Waals surface area contributed by atoms with Crippen LogP contribution in [0.25, 0.3) is 0 Å². The molecular weight excluding hydrogens is 270 g/mol. The van der Waals surface area contributed by atoms with E-state index < -0.39 is 15.1 Å². The molecule has 0 amide bonds. The molecule has 0 aromatic heterocycles. The maximum atomic E-state index is 11.1. The molecule has 0 spiro atoms. The minimum atomic E-state index is -3.27. The van der Waals surface area contributed by atoms with Gasteiger partial charge in [0.25, 0.3) is 0 Å². The number of rotatable bonds is 4. The van der Waals surface area contributed by atoms with E-state index in [-0.39, 0.29) is 5.69 Å². The Balaban J connectivity index is 2.04. The molecule has 19 heavy (non-hydrogen) atoms. The first-order valence-corrected chi connectivity index (χ1v) is 6.84. The molecule has 0 aliphatic carbocycles. The van der Waals surface area contributed by atoms with E-state index in [4.69, 9.17) is 5.21 Å². The molecule has 1 unspecified atom stereocenters. The Bertz CT molecular complexity index is 662. The van der Waals surface area contributed by atoms with Gasteiger partial charge in [-0.25, -0.2) is 13.6 Å². The number of hydrogen-bond acceptors (Lipinski definition) is 6. The Morgan fingerprint density at radius 1 is 1.42 bits per heavy atom. The van der Waals surface area contributed by atoms with Gasteiger partial charge in [-0.05, 0) is 6.08 Å². The van der Waals surface area contributed by atoms with Gasteiger partial charge >= 0.3 is 0 Å². The van der Waals surface area contributed by atoms with Crippen LogP contribution in [0, 0.1) is 5.21 Å². The summed E-state index contributed by atoms with van der Waals surface area (Å²) in [6, 6.07) is 6.22. The van der Waals surface area contributed by atoms with E-state index in [0.717, 1.165) is 10.8 Å². The Morgan fingerprint density at radius 2 is 2.21 bits per heavy atom. The molecule has 0 radical (unpaired) electrons. The van der Waals surface area contributed by atoms with Crippen LogP contribution in [0.3, 0.4) is 0 Å². The highest BCUT2D eigenvalue weighted by atomic mass is 32.2. The predicted molar refractivity (Wildman–Crippen MR) is 69.1 cm³/mol. The molecule has 7 nitrogen and oxygen atoms in total. The summed E-state index contributed by atoms with van der Waals surface area (Å²) in [7, 11) is -3.27. The van der Waals surface area contributed by atoms with Crippen LogP contribution in [0.5, 0.6) is 0 Å². The molecular formula is C11H11N3O4S. The van der Waals surface area contributed by atoms with Crippen molar-refractivity contribution in [3.63, 3.8) is 0 Å². The molecule has 0 saturated heterocycles. The van der Waals surface area contributed by atoms with E-state index in [2.05, 4.69) is 10.5 Å². The maximum absolute atomic E-state index is 11.1. The number of benzene rings is 1. The van der Waals surface area contributed by atoms with Crippen molar-refractivity contribution in [2.24, 2.45) is 5.10 Å². The van der Waals surface area contributed by atoms with Gasteiger partial charge in [0.2, 0.25) is 0 Å². The molecule has 1 aromatic carbocycles. The summed E-state index contributed by atoms with van der Waals surface area (Å²) in [5.74, 6) is 0. The largest absolute Gasteiger partial charge is 0.595 e. The predicted octanol–water partition coefficient (Wildman–Crippen LogP) is -0.203. The van der Waals surface area contributed by atoms with Crippen LogP contribution < -0.4 is 10.7 Å². The Kier molecular flexibility index (Phi) is 3.76. The quantitative estimate of drug-likeness (QED) is 0.523. The van der Waals surface area contributed by atoms with E-state index >= 15 is 0 Å². The van der Waals surface area contributed by atoms with Crippen LogP contribution in [0.2, 0.25) is 0 Å². The molecule has 1 aromatic rings. The Labute approximate surface area is 109 Å². The third kappa shape index (κ3) is 3.73. The maximum Gasteiger partial charge on any atom is 0.195 e. The van der Waals surface area contributed by atoms with Gasteiger partial charge in [0.15, 0.2) is 15.5 Å². The molecule has 1 aliphatic rings. The Hall–Kier alpha value is -2.00. The van der Waals surface area contributed by atoms with E-state index in [1.807, 2.05) is 0 Å². The molecule has 100 valence electrons. The van der Waals surface area contributed by atoms with Crippen molar-refractivity contribution in [3.05, 3.63) is 57.6 Å². The van der Waals surface area contributed by atoms with Crippen LogP contribution in [-0.4, -0.2) is 19.8 Å². The monoisotopic (exact) mass is 281 g/mol. The van der Waals surface area contributed by atoms with E-state index in [1.54, 1.807) is 12.1 Å².